The van der Waals surface area contributed by atoms with Gasteiger partial charge in [-0.05, 0) is 24.6 Å². The van der Waals surface area contributed by atoms with Crippen LogP contribution in [0.25, 0.3) is 0 Å². The Bertz CT molecular complexity index is 966. The summed E-state index contributed by atoms with van der Waals surface area (Å²) < 4.78 is 37.3. The van der Waals surface area contributed by atoms with Crippen molar-refractivity contribution < 1.29 is 27.5 Å². The molecule has 1 heterocycles. The lowest BCUT2D eigenvalue weighted by molar-refractivity contribution is -0.147. The van der Waals surface area contributed by atoms with Gasteiger partial charge in [0.25, 0.3) is 0 Å². The Morgan fingerprint density at radius 2 is 1.63 bits per heavy atom. The first-order valence-corrected chi connectivity index (χ1v) is 11.0. The third-order valence-corrected chi connectivity index (χ3v) is 6.62. The number of benzene rings is 2. The molecule has 0 saturated carbocycles. The van der Waals surface area contributed by atoms with Crippen LogP contribution in [0.1, 0.15) is 12.5 Å². The molecule has 9 heteroatoms. The zero-order chi connectivity index (χ0) is 21.6. The number of rotatable bonds is 7. The predicted molar refractivity (Wildman–Crippen MR) is 109 cm³/mol. The van der Waals surface area contributed by atoms with Crippen LogP contribution in [-0.2, 0) is 30.9 Å². The third kappa shape index (κ3) is 5.17. The van der Waals surface area contributed by atoms with E-state index >= 15 is 0 Å². The Hall–Kier alpha value is -2.91. The standard InChI is InChI=1S/C21H24N2O6S/c1-2-28-20(24)18-13-23(30(26,27)17-11-7-4-8-12-17)14-19(18)22-21(25)29-15-16-9-5-3-6-10-16/h3-12,18-19H,2,13-15H2,1H3,(H,22,25)/t18-,19?/m1/s1. The average Bonchev–Trinajstić information content (AvgIpc) is 3.18. The number of nitrogens with zero attached hydrogens (tertiary/aromatic N) is 1. The summed E-state index contributed by atoms with van der Waals surface area (Å²) in [6.45, 7) is 1.75. The van der Waals surface area contributed by atoms with Crippen LogP contribution < -0.4 is 5.32 Å². The van der Waals surface area contributed by atoms with E-state index in [0.717, 1.165) is 5.56 Å². The monoisotopic (exact) mass is 432 g/mol. The topological polar surface area (TPSA) is 102 Å². The highest BCUT2D eigenvalue weighted by molar-refractivity contribution is 7.89. The van der Waals surface area contributed by atoms with Crippen molar-refractivity contribution in [2.75, 3.05) is 19.7 Å². The molecule has 2 aromatic carbocycles. The highest BCUT2D eigenvalue weighted by atomic mass is 32.2. The van der Waals surface area contributed by atoms with Crippen LogP contribution in [0.15, 0.2) is 65.6 Å². The van der Waals surface area contributed by atoms with Gasteiger partial charge in [-0.2, -0.15) is 4.31 Å². The van der Waals surface area contributed by atoms with Crippen molar-refractivity contribution in [3.8, 4) is 0 Å². The minimum absolute atomic E-state index is 0.0544. The molecular formula is C21H24N2O6S. The van der Waals surface area contributed by atoms with Gasteiger partial charge in [0.2, 0.25) is 10.0 Å². The number of nitrogens with one attached hydrogen (secondary N) is 1. The summed E-state index contributed by atoms with van der Waals surface area (Å²) in [5.74, 6) is -1.38. The van der Waals surface area contributed by atoms with Crippen molar-refractivity contribution in [2.45, 2.75) is 24.5 Å². The van der Waals surface area contributed by atoms with Gasteiger partial charge in [-0.1, -0.05) is 48.5 Å². The van der Waals surface area contributed by atoms with Gasteiger partial charge in [0, 0.05) is 13.1 Å². The number of amides is 1. The number of alkyl carbamates (subject to hydrolysis) is 1. The van der Waals surface area contributed by atoms with Crippen LogP contribution in [0.3, 0.4) is 0 Å². The molecule has 3 rings (SSSR count). The van der Waals surface area contributed by atoms with E-state index in [2.05, 4.69) is 5.32 Å². The van der Waals surface area contributed by atoms with E-state index in [1.165, 1.54) is 16.4 Å². The Kier molecular flexibility index (Phi) is 7.07. The van der Waals surface area contributed by atoms with Crippen molar-refractivity contribution >= 4 is 22.1 Å². The summed E-state index contributed by atoms with van der Waals surface area (Å²) in [6.07, 6.45) is -0.725. The molecule has 8 nitrogen and oxygen atoms in total. The maximum absolute atomic E-state index is 12.9. The van der Waals surface area contributed by atoms with Crippen LogP contribution in [0, 0.1) is 5.92 Å². The zero-order valence-corrected chi connectivity index (χ0v) is 17.4. The van der Waals surface area contributed by atoms with Crippen molar-refractivity contribution in [2.24, 2.45) is 5.92 Å². The molecule has 160 valence electrons. The number of carbonyl (C=O) groups is 2. The van der Waals surface area contributed by atoms with E-state index in [1.54, 1.807) is 25.1 Å². The molecule has 0 aromatic heterocycles. The molecule has 1 unspecified atom stereocenters. The zero-order valence-electron chi connectivity index (χ0n) is 16.6. The lowest BCUT2D eigenvalue weighted by atomic mass is 10.0. The highest BCUT2D eigenvalue weighted by Crippen LogP contribution is 2.26. The molecule has 0 radical (unpaired) electrons. The SMILES string of the molecule is CCOC(=O)[C@@H]1CN(S(=O)(=O)c2ccccc2)CC1NC(=O)OCc1ccccc1. The quantitative estimate of drug-likeness (QED) is 0.673. The molecular weight excluding hydrogens is 408 g/mol. The Morgan fingerprint density at radius 1 is 1.00 bits per heavy atom. The lowest BCUT2D eigenvalue weighted by Crippen LogP contribution is -2.43. The van der Waals surface area contributed by atoms with E-state index < -0.39 is 34.0 Å². The molecule has 1 aliphatic rings. The van der Waals surface area contributed by atoms with Crippen molar-refractivity contribution in [1.29, 1.82) is 0 Å². The number of sulfonamides is 1. The van der Waals surface area contributed by atoms with Crippen LogP contribution >= 0.6 is 0 Å². The molecule has 30 heavy (non-hydrogen) atoms. The molecule has 1 aliphatic heterocycles. The van der Waals surface area contributed by atoms with Crippen molar-refractivity contribution in [1.82, 2.24) is 9.62 Å². The molecule has 1 N–H and O–H groups in total. The third-order valence-electron chi connectivity index (χ3n) is 4.77. The van der Waals surface area contributed by atoms with Gasteiger partial charge in [0.1, 0.15) is 6.61 Å². The molecule has 1 saturated heterocycles. The molecule has 0 spiro atoms. The van der Waals surface area contributed by atoms with E-state index in [9.17, 15) is 18.0 Å². The van der Waals surface area contributed by atoms with Gasteiger partial charge in [-0.15, -0.1) is 0 Å². The van der Waals surface area contributed by atoms with Gasteiger partial charge < -0.3 is 14.8 Å². The molecule has 1 fully saturated rings. The highest BCUT2D eigenvalue weighted by Gasteiger charge is 2.44. The van der Waals surface area contributed by atoms with E-state index in [-0.39, 0.29) is 31.2 Å². The lowest BCUT2D eigenvalue weighted by Gasteiger charge is -2.18. The van der Waals surface area contributed by atoms with Crippen LogP contribution in [0.5, 0.6) is 0 Å². The second-order valence-electron chi connectivity index (χ2n) is 6.81. The number of esters is 1. The minimum atomic E-state index is -3.81. The fraction of sp³-hybridized carbons (Fsp3) is 0.333. The summed E-state index contributed by atoms with van der Waals surface area (Å²) in [5.41, 5.74) is 0.814. The summed E-state index contributed by atoms with van der Waals surface area (Å²) in [7, 11) is -3.81. The first kappa shape index (κ1) is 21.8. The molecule has 1 amide bonds. The Morgan fingerprint density at radius 3 is 2.27 bits per heavy atom. The van der Waals surface area contributed by atoms with Crippen LogP contribution in [-0.4, -0.2) is 50.5 Å². The maximum atomic E-state index is 12.9. The molecule has 2 atom stereocenters. The molecule has 0 aliphatic carbocycles. The number of carbonyl (C=O) groups excluding carboxylic acids is 2. The fourth-order valence-electron chi connectivity index (χ4n) is 3.26. The number of ether oxygens (including phenoxy) is 2. The molecule has 2 aromatic rings. The summed E-state index contributed by atoms with van der Waals surface area (Å²) in [4.78, 5) is 24.8. The van der Waals surface area contributed by atoms with Crippen LogP contribution in [0.2, 0.25) is 0 Å². The Labute approximate surface area is 175 Å². The van der Waals surface area contributed by atoms with Gasteiger partial charge in [-0.25, -0.2) is 13.2 Å². The van der Waals surface area contributed by atoms with E-state index in [4.69, 9.17) is 9.47 Å². The first-order chi connectivity index (χ1) is 14.4. The van der Waals surface area contributed by atoms with Gasteiger partial charge in [0.05, 0.1) is 23.5 Å². The summed E-state index contributed by atoms with van der Waals surface area (Å²) >= 11 is 0. The Balaban J connectivity index is 1.70. The van der Waals surface area contributed by atoms with Gasteiger partial charge in [0.15, 0.2) is 0 Å². The summed E-state index contributed by atoms with van der Waals surface area (Å²) in [6, 6.07) is 16.3. The van der Waals surface area contributed by atoms with Crippen molar-refractivity contribution in [3.05, 3.63) is 66.2 Å². The second kappa shape index (κ2) is 9.73. The first-order valence-electron chi connectivity index (χ1n) is 9.61. The van der Waals surface area contributed by atoms with Gasteiger partial charge in [-0.3, -0.25) is 4.79 Å². The van der Waals surface area contributed by atoms with Gasteiger partial charge >= 0.3 is 12.1 Å². The predicted octanol–water partition coefficient (Wildman–Crippen LogP) is 2.17. The minimum Gasteiger partial charge on any atom is -0.466 e. The van der Waals surface area contributed by atoms with E-state index in [0.29, 0.717) is 0 Å². The smallest absolute Gasteiger partial charge is 0.407 e. The number of hydrogen-bond acceptors (Lipinski definition) is 6. The van der Waals surface area contributed by atoms with Crippen molar-refractivity contribution in [3.63, 3.8) is 0 Å². The van der Waals surface area contributed by atoms with Crippen LogP contribution in [0.4, 0.5) is 4.79 Å². The maximum Gasteiger partial charge on any atom is 0.407 e. The van der Waals surface area contributed by atoms with E-state index in [1.807, 2.05) is 30.3 Å². The number of hydrogen-bond donors (Lipinski definition) is 1. The fourth-order valence-corrected chi connectivity index (χ4v) is 4.77. The average molecular weight is 432 g/mol. The molecule has 0 bridgehead atoms. The second-order valence-corrected chi connectivity index (χ2v) is 8.74. The summed E-state index contributed by atoms with van der Waals surface area (Å²) in [5, 5.41) is 2.62. The largest absolute Gasteiger partial charge is 0.466 e. The normalized spacial score (nSPS) is 19.2.